The van der Waals surface area contributed by atoms with E-state index in [-0.39, 0.29) is 12.5 Å². The van der Waals surface area contributed by atoms with Crippen LogP contribution in [0.1, 0.15) is 361 Å². The number of allylic oxidation sites excluding steroid dienone is 3. The lowest BCUT2D eigenvalue weighted by Gasteiger charge is -2.20. The van der Waals surface area contributed by atoms with E-state index in [1.165, 1.54) is 315 Å². The average Bonchev–Trinajstić information content (AvgIpc) is 3.34. The summed E-state index contributed by atoms with van der Waals surface area (Å²) in [5.74, 6) is -0.0565. The molecule has 0 spiro atoms. The van der Waals surface area contributed by atoms with Crippen LogP contribution in [0, 0.1) is 0 Å². The molecule has 0 bridgehead atoms. The van der Waals surface area contributed by atoms with Gasteiger partial charge in [0.25, 0.3) is 0 Å². The molecule has 0 rings (SSSR count). The van der Waals surface area contributed by atoms with Crippen LogP contribution in [0.3, 0.4) is 0 Å². The molecule has 0 aromatic heterocycles. The third kappa shape index (κ3) is 55.8. The molecule has 0 aliphatic carbocycles. The van der Waals surface area contributed by atoms with Crippen molar-refractivity contribution in [2.45, 2.75) is 373 Å². The van der Waals surface area contributed by atoms with Crippen LogP contribution in [0.5, 0.6) is 0 Å². The van der Waals surface area contributed by atoms with Crippen LogP contribution in [0.2, 0.25) is 0 Å². The van der Waals surface area contributed by atoms with Gasteiger partial charge in [0.15, 0.2) is 0 Å². The minimum atomic E-state index is -0.838. The predicted octanol–water partition coefficient (Wildman–Crippen LogP) is 21.0. The third-order valence-corrected chi connectivity index (χ3v) is 14.9. The topological polar surface area (TPSA) is 69.6 Å². The number of aliphatic hydroxyl groups is 2. The number of nitrogens with one attached hydrogen (secondary N) is 1. The maximum Gasteiger partial charge on any atom is 0.220 e. The highest BCUT2D eigenvalue weighted by atomic mass is 16.3. The molecular formula is C64H125NO3. The summed E-state index contributed by atoms with van der Waals surface area (Å²) in [5, 5.41) is 23.2. The molecule has 0 aromatic rings. The first-order valence-electron chi connectivity index (χ1n) is 31.6. The van der Waals surface area contributed by atoms with Gasteiger partial charge < -0.3 is 15.5 Å². The highest BCUT2D eigenvalue weighted by Gasteiger charge is 2.18. The van der Waals surface area contributed by atoms with E-state index in [0.717, 1.165) is 25.7 Å². The molecule has 0 aliphatic rings. The molecule has 0 aromatic carbocycles. The Morgan fingerprint density at radius 2 is 0.559 bits per heavy atom. The van der Waals surface area contributed by atoms with Crippen molar-refractivity contribution in [2.24, 2.45) is 0 Å². The lowest BCUT2D eigenvalue weighted by Crippen LogP contribution is -2.45. The molecule has 0 heterocycles. The number of carbonyl (C=O) groups excluding carboxylic acids is 1. The number of unbranched alkanes of at least 4 members (excludes halogenated alkanes) is 50. The highest BCUT2D eigenvalue weighted by molar-refractivity contribution is 5.76. The zero-order valence-corrected chi connectivity index (χ0v) is 46.7. The molecular weight excluding hydrogens is 831 g/mol. The van der Waals surface area contributed by atoms with Crippen molar-refractivity contribution < 1.29 is 15.0 Å². The van der Waals surface area contributed by atoms with E-state index in [4.69, 9.17) is 0 Å². The van der Waals surface area contributed by atoms with Crippen LogP contribution in [0.4, 0.5) is 0 Å². The first-order chi connectivity index (χ1) is 33.7. The molecule has 2 unspecified atom stereocenters. The van der Waals surface area contributed by atoms with Crippen LogP contribution in [0.25, 0.3) is 0 Å². The van der Waals surface area contributed by atoms with E-state index in [1.807, 2.05) is 6.08 Å². The fourth-order valence-corrected chi connectivity index (χ4v) is 10.1. The Balaban J connectivity index is 3.41. The van der Waals surface area contributed by atoms with E-state index in [9.17, 15) is 15.0 Å². The Labute approximate surface area is 428 Å². The molecule has 0 fully saturated rings. The predicted molar refractivity (Wildman–Crippen MR) is 304 cm³/mol. The Morgan fingerprint density at radius 1 is 0.338 bits per heavy atom. The standard InChI is InChI=1S/C64H125NO3/c1-3-5-7-9-11-13-15-17-19-21-23-25-26-27-28-29-30-31-32-33-34-35-36-37-38-40-42-44-46-48-50-52-54-56-58-60-64(68)65-62(61-66)63(67)59-57-55-53-51-49-47-45-43-41-39-24-22-20-18-16-14-12-10-8-6-4-2/h29-30,57,59,62-63,66-67H,3-28,31-56,58,60-61H2,1-2H3,(H,65,68)/b30-29-,59-57+. The van der Waals surface area contributed by atoms with Crippen molar-refractivity contribution in [3.8, 4) is 0 Å². The molecule has 0 saturated heterocycles. The van der Waals surface area contributed by atoms with Crippen LogP contribution in [-0.2, 0) is 4.79 Å². The molecule has 0 aliphatic heterocycles. The number of rotatable bonds is 59. The number of hydrogen-bond acceptors (Lipinski definition) is 3. The Kier molecular flexibility index (Phi) is 59.2. The van der Waals surface area contributed by atoms with Gasteiger partial charge in [-0.1, -0.05) is 334 Å². The first-order valence-corrected chi connectivity index (χ1v) is 31.6. The minimum absolute atomic E-state index is 0.0565. The summed E-state index contributed by atoms with van der Waals surface area (Å²) < 4.78 is 0. The smallest absolute Gasteiger partial charge is 0.220 e. The van der Waals surface area contributed by atoms with Gasteiger partial charge in [-0.2, -0.15) is 0 Å². The van der Waals surface area contributed by atoms with Crippen LogP contribution in [0.15, 0.2) is 24.3 Å². The maximum atomic E-state index is 12.5. The molecule has 1 amide bonds. The van der Waals surface area contributed by atoms with Crippen molar-refractivity contribution in [3.63, 3.8) is 0 Å². The summed E-state index contributed by atoms with van der Waals surface area (Å²) in [6.07, 6.45) is 80.9. The van der Waals surface area contributed by atoms with Gasteiger partial charge in [0.1, 0.15) is 0 Å². The largest absolute Gasteiger partial charge is 0.394 e. The van der Waals surface area contributed by atoms with Gasteiger partial charge in [0.2, 0.25) is 5.91 Å². The zero-order valence-electron chi connectivity index (χ0n) is 46.7. The third-order valence-electron chi connectivity index (χ3n) is 14.9. The summed E-state index contributed by atoms with van der Waals surface area (Å²) in [4.78, 5) is 12.5. The molecule has 2 atom stereocenters. The van der Waals surface area contributed by atoms with E-state index in [0.29, 0.717) is 6.42 Å². The van der Waals surface area contributed by atoms with Crippen molar-refractivity contribution in [3.05, 3.63) is 24.3 Å². The number of carbonyl (C=O) groups is 1. The molecule has 4 nitrogen and oxygen atoms in total. The van der Waals surface area contributed by atoms with Crippen LogP contribution < -0.4 is 5.32 Å². The average molecular weight is 957 g/mol. The molecule has 404 valence electrons. The Hall–Kier alpha value is -1.13. The van der Waals surface area contributed by atoms with Crippen molar-refractivity contribution >= 4 is 5.91 Å². The van der Waals surface area contributed by atoms with Gasteiger partial charge in [-0.05, 0) is 44.9 Å². The summed E-state index contributed by atoms with van der Waals surface area (Å²) in [6.45, 7) is 4.35. The van der Waals surface area contributed by atoms with Crippen molar-refractivity contribution in [1.29, 1.82) is 0 Å². The maximum absolute atomic E-state index is 12.5. The number of hydrogen-bond donors (Lipinski definition) is 3. The molecule has 0 radical (unpaired) electrons. The Bertz CT molecular complexity index is 994. The van der Waals surface area contributed by atoms with Gasteiger partial charge in [-0.15, -0.1) is 0 Å². The fourth-order valence-electron chi connectivity index (χ4n) is 10.1. The lowest BCUT2D eigenvalue weighted by atomic mass is 10.0. The summed E-state index contributed by atoms with van der Waals surface area (Å²) in [6, 6.07) is -0.620. The van der Waals surface area contributed by atoms with Crippen molar-refractivity contribution in [1.82, 2.24) is 5.32 Å². The summed E-state index contributed by atoms with van der Waals surface area (Å²) in [5.41, 5.74) is 0. The molecule has 3 N–H and O–H groups in total. The SMILES string of the molecule is CCCCCCCCCCCCCCCC/C=C\CCCCCCCCCCCCCCCCCCCC(=O)NC(CO)C(O)/C=C/CCCCCCCCCCCCCCCCCCCCC. The van der Waals surface area contributed by atoms with Gasteiger partial charge in [-0.3, -0.25) is 4.79 Å². The fraction of sp³-hybridized carbons (Fsp3) is 0.922. The summed E-state index contributed by atoms with van der Waals surface area (Å²) >= 11 is 0. The first kappa shape index (κ1) is 66.9. The van der Waals surface area contributed by atoms with Crippen LogP contribution >= 0.6 is 0 Å². The molecule has 0 saturated carbocycles. The van der Waals surface area contributed by atoms with Gasteiger partial charge in [0, 0.05) is 6.42 Å². The monoisotopic (exact) mass is 956 g/mol. The van der Waals surface area contributed by atoms with E-state index in [1.54, 1.807) is 6.08 Å². The second-order valence-electron chi connectivity index (χ2n) is 21.8. The number of amides is 1. The lowest BCUT2D eigenvalue weighted by molar-refractivity contribution is -0.123. The van der Waals surface area contributed by atoms with Gasteiger partial charge >= 0.3 is 0 Å². The minimum Gasteiger partial charge on any atom is -0.394 e. The highest BCUT2D eigenvalue weighted by Crippen LogP contribution is 2.18. The Morgan fingerprint density at radius 3 is 0.809 bits per heavy atom. The molecule has 4 heteroatoms. The molecule has 68 heavy (non-hydrogen) atoms. The van der Waals surface area contributed by atoms with E-state index < -0.39 is 12.1 Å². The van der Waals surface area contributed by atoms with Crippen molar-refractivity contribution in [2.75, 3.05) is 6.61 Å². The van der Waals surface area contributed by atoms with Gasteiger partial charge in [0.05, 0.1) is 18.8 Å². The normalized spacial score (nSPS) is 12.8. The van der Waals surface area contributed by atoms with Crippen LogP contribution in [-0.4, -0.2) is 34.9 Å². The van der Waals surface area contributed by atoms with E-state index in [2.05, 4.69) is 31.3 Å². The quantitative estimate of drug-likeness (QED) is 0.0420. The second-order valence-corrected chi connectivity index (χ2v) is 21.8. The van der Waals surface area contributed by atoms with Gasteiger partial charge in [-0.25, -0.2) is 0 Å². The zero-order chi connectivity index (χ0) is 49.2. The van der Waals surface area contributed by atoms with E-state index >= 15 is 0 Å². The number of aliphatic hydroxyl groups excluding tert-OH is 2. The second kappa shape index (κ2) is 60.2. The summed E-state index contributed by atoms with van der Waals surface area (Å²) in [7, 11) is 0.